The lowest BCUT2D eigenvalue weighted by atomic mass is 9.85. The molecule has 1 aliphatic carbocycles. The third-order valence-electron chi connectivity index (χ3n) is 4.42. The number of morpholine rings is 1. The molecule has 6 heteroatoms. The number of ether oxygens (including phenoxy) is 1. The summed E-state index contributed by atoms with van der Waals surface area (Å²) in [6.45, 7) is 2.38. The van der Waals surface area contributed by atoms with E-state index in [9.17, 15) is 0 Å². The predicted molar refractivity (Wildman–Crippen MR) is 88.9 cm³/mol. The first-order chi connectivity index (χ1) is 10.8. The standard InChI is InChI=1S/C16H18ClN3OS/c17-14-9-15(19-16(18-14)11-3-1-4-11)20-6-7-21-12(10-20)13-5-2-8-22-13/h2,5,8-9,11-12H,1,3-4,6-7,10H2. The minimum atomic E-state index is 0.120. The number of hydrogen-bond donors (Lipinski definition) is 0. The van der Waals surface area contributed by atoms with Gasteiger partial charge in [0, 0.05) is 23.4 Å². The van der Waals surface area contributed by atoms with Gasteiger partial charge in [-0.1, -0.05) is 24.1 Å². The van der Waals surface area contributed by atoms with E-state index in [0.717, 1.165) is 24.7 Å². The molecule has 1 unspecified atom stereocenters. The zero-order valence-corrected chi connectivity index (χ0v) is 13.8. The molecule has 2 aromatic heterocycles. The molecule has 4 rings (SSSR count). The van der Waals surface area contributed by atoms with Crippen molar-refractivity contribution in [1.29, 1.82) is 0 Å². The minimum Gasteiger partial charge on any atom is -0.369 e. The van der Waals surface area contributed by atoms with Gasteiger partial charge in [0.25, 0.3) is 0 Å². The van der Waals surface area contributed by atoms with Crippen LogP contribution in [0.25, 0.3) is 0 Å². The molecule has 22 heavy (non-hydrogen) atoms. The van der Waals surface area contributed by atoms with E-state index in [1.165, 1.54) is 24.1 Å². The van der Waals surface area contributed by atoms with Crippen molar-refractivity contribution in [2.45, 2.75) is 31.3 Å². The first-order valence-electron chi connectivity index (χ1n) is 7.74. The first kappa shape index (κ1) is 14.4. The summed E-state index contributed by atoms with van der Waals surface area (Å²) in [4.78, 5) is 12.7. The second-order valence-electron chi connectivity index (χ2n) is 5.86. The molecule has 4 nitrogen and oxygen atoms in total. The maximum atomic E-state index is 6.22. The number of thiophene rings is 1. The van der Waals surface area contributed by atoms with Crippen LogP contribution in [0.2, 0.25) is 5.15 Å². The van der Waals surface area contributed by atoms with E-state index < -0.39 is 0 Å². The fourth-order valence-electron chi connectivity index (χ4n) is 2.94. The van der Waals surface area contributed by atoms with E-state index in [1.807, 2.05) is 6.07 Å². The Kier molecular flexibility index (Phi) is 4.03. The highest BCUT2D eigenvalue weighted by atomic mass is 35.5. The van der Waals surface area contributed by atoms with E-state index in [0.29, 0.717) is 17.7 Å². The fourth-order valence-corrected chi connectivity index (χ4v) is 3.89. The average Bonchev–Trinajstić information content (AvgIpc) is 2.99. The van der Waals surface area contributed by atoms with E-state index >= 15 is 0 Å². The fraction of sp³-hybridized carbons (Fsp3) is 0.500. The van der Waals surface area contributed by atoms with E-state index in [1.54, 1.807) is 11.3 Å². The van der Waals surface area contributed by atoms with Gasteiger partial charge >= 0.3 is 0 Å². The van der Waals surface area contributed by atoms with Crippen molar-refractivity contribution in [1.82, 2.24) is 9.97 Å². The zero-order valence-electron chi connectivity index (χ0n) is 12.2. The molecule has 0 radical (unpaired) electrons. The molecule has 2 aromatic rings. The SMILES string of the molecule is Clc1cc(N2CCOC(c3cccs3)C2)nc(C2CCC2)n1. The summed E-state index contributed by atoms with van der Waals surface area (Å²) < 4.78 is 5.91. The van der Waals surface area contributed by atoms with Crippen LogP contribution in [0.4, 0.5) is 5.82 Å². The molecule has 0 amide bonds. The van der Waals surface area contributed by atoms with Gasteiger partial charge in [-0.2, -0.15) is 0 Å². The van der Waals surface area contributed by atoms with Crippen molar-refractivity contribution in [2.24, 2.45) is 0 Å². The summed E-state index contributed by atoms with van der Waals surface area (Å²) in [5, 5.41) is 2.64. The van der Waals surface area contributed by atoms with Gasteiger partial charge in [-0.15, -0.1) is 11.3 Å². The molecule has 0 aromatic carbocycles. The Morgan fingerprint density at radius 1 is 1.32 bits per heavy atom. The van der Waals surface area contributed by atoms with Crippen LogP contribution < -0.4 is 4.90 Å². The van der Waals surface area contributed by atoms with Gasteiger partial charge in [0.2, 0.25) is 0 Å². The number of halogens is 1. The Labute approximate surface area is 139 Å². The lowest BCUT2D eigenvalue weighted by Gasteiger charge is -2.34. The lowest BCUT2D eigenvalue weighted by Crippen LogP contribution is -2.38. The Morgan fingerprint density at radius 3 is 2.95 bits per heavy atom. The Bertz CT molecular complexity index is 645. The van der Waals surface area contributed by atoms with Crippen LogP contribution in [0, 0.1) is 0 Å². The maximum absolute atomic E-state index is 6.22. The quantitative estimate of drug-likeness (QED) is 0.793. The molecule has 3 heterocycles. The monoisotopic (exact) mass is 335 g/mol. The van der Waals surface area contributed by atoms with Gasteiger partial charge in [-0.3, -0.25) is 0 Å². The second kappa shape index (κ2) is 6.14. The highest BCUT2D eigenvalue weighted by Gasteiger charge is 2.27. The summed E-state index contributed by atoms with van der Waals surface area (Å²) in [6, 6.07) is 6.07. The molecule has 2 fully saturated rings. The van der Waals surface area contributed by atoms with Crippen LogP contribution in [0.15, 0.2) is 23.6 Å². The van der Waals surface area contributed by atoms with Gasteiger partial charge in [-0.25, -0.2) is 9.97 Å². The van der Waals surface area contributed by atoms with Crippen molar-refractivity contribution in [3.05, 3.63) is 39.4 Å². The highest BCUT2D eigenvalue weighted by molar-refractivity contribution is 7.10. The molecule has 2 aliphatic rings. The van der Waals surface area contributed by atoms with Crippen LogP contribution in [0.3, 0.4) is 0 Å². The van der Waals surface area contributed by atoms with Gasteiger partial charge in [0.15, 0.2) is 0 Å². The Morgan fingerprint density at radius 2 is 2.23 bits per heavy atom. The van der Waals surface area contributed by atoms with E-state index in [4.69, 9.17) is 21.3 Å². The molecule has 1 saturated heterocycles. The number of hydrogen-bond acceptors (Lipinski definition) is 5. The van der Waals surface area contributed by atoms with Crippen molar-refractivity contribution in [2.75, 3.05) is 24.6 Å². The predicted octanol–water partition coefficient (Wildman–Crippen LogP) is 4.04. The summed E-state index contributed by atoms with van der Waals surface area (Å²) in [5.41, 5.74) is 0. The summed E-state index contributed by atoms with van der Waals surface area (Å²) >= 11 is 7.96. The van der Waals surface area contributed by atoms with Crippen molar-refractivity contribution >= 4 is 28.8 Å². The average molecular weight is 336 g/mol. The third-order valence-corrected chi connectivity index (χ3v) is 5.58. The Balaban J connectivity index is 1.56. The molecular weight excluding hydrogens is 318 g/mol. The lowest BCUT2D eigenvalue weighted by molar-refractivity contribution is 0.0418. The minimum absolute atomic E-state index is 0.120. The Hall–Kier alpha value is -1.17. The zero-order chi connectivity index (χ0) is 14.9. The van der Waals surface area contributed by atoms with Crippen LogP contribution in [0.5, 0.6) is 0 Å². The van der Waals surface area contributed by atoms with E-state index in [-0.39, 0.29) is 6.10 Å². The number of nitrogens with zero attached hydrogens (tertiary/aromatic N) is 3. The van der Waals surface area contributed by atoms with Gasteiger partial charge in [0.05, 0.1) is 13.2 Å². The largest absolute Gasteiger partial charge is 0.369 e. The van der Waals surface area contributed by atoms with E-state index in [2.05, 4.69) is 27.4 Å². The molecular formula is C16H18ClN3OS. The third kappa shape index (κ3) is 2.85. The second-order valence-corrected chi connectivity index (χ2v) is 7.22. The van der Waals surface area contributed by atoms with Gasteiger partial charge < -0.3 is 9.64 Å². The van der Waals surface area contributed by atoms with Crippen LogP contribution in [0.1, 0.15) is 42.0 Å². The summed E-state index contributed by atoms with van der Waals surface area (Å²) in [6.07, 6.45) is 3.75. The molecule has 1 aliphatic heterocycles. The van der Waals surface area contributed by atoms with Crippen molar-refractivity contribution < 1.29 is 4.74 Å². The summed E-state index contributed by atoms with van der Waals surface area (Å²) in [5.74, 6) is 2.34. The summed E-state index contributed by atoms with van der Waals surface area (Å²) in [7, 11) is 0. The van der Waals surface area contributed by atoms with Crippen LogP contribution in [-0.2, 0) is 4.74 Å². The molecule has 116 valence electrons. The van der Waals surface area contributed by atoms with Crippen LogP contribution in [-0.4, -0.2) is 29.7 Å². The molecule has 0 bridgehead atoms. The highest BCUT2D eigenvalue weighted by Crippen LogP contribution is 2.36. The molecule has 1 saturated carbocycles. The smallest absolute Gasteiger partial charge is 0.135 e. The normalized spacial score (nSPS) is 22.6. The number of anilines is 1. The van der Waals surface area contributed by atoms with Crippen LogP contribution >= 0.6 is 22.9 Å². The van der Waals surface area contributed by atoms with Crippen molar-refractivity contribution in [3.63, 3.8) is 0 Å². The topological polar surface area (TPSA) is 38.2 Å². The van der Waals surface area contributed by atoms with Crippen molar-refractivity contribution in [3.8, 4) is 0 Å². The number of aromatic nitrogens is 2. The van der Waals surface area contributed by atoms with Gasteiger partial charge in [0.1, 0.15) is 22.9 Å². The number of rotatable bonds is 3. The first-order valence-corrected chi connectivity index (χ1v) is 9.00. The maximum Gasteiger partial charge on any atom is 0.135 e. The molecule has 1 atom stereocenters. The van der Waals surface area contributed by atoms with Gasteiger partial charge in [-0.05, 0) is 24.3 Å². The molecule has 0 spiro atoms. The molecule has 0 N–H and O–H groups in total.